The van der Waals surface area contributed by atoms with Gasteiger partial charge in [-0.3, -0.25) is 14.5 Å². The molecule has 0 unspecified atom stereocenters. The first-order chi connectivity index (χ1) is 17.2. The molecule has 1 aromatic rings. The van der Waals surface area contributed by atoms with E-state index in [4.69, 9.17) is 15.2 Å². The summed E-state index contributed by atoms with van der Waals surface area (Å²) in [4.78, 5) is 39.6. The highest BCUT2D eigenvalue weighted by Crippen LogP contribution is 2.12. The van der Waals surface area contributed by atoms with Crippen molar-refractivity contribution in [3.63, 3.8) is 0 Å². The molecule has 0 aromatic carbocycles. The molecular weight excluding hydrogens is 452 g/mol. The maximum Gasteiger partial charge on any atom is 0.225 e. The number of nitrogens with two attached hydrogens (primary N) is 1. The van der Waals surface area contributed by atoms with Gasteiger partial charge in [0, 0.05) is 96.4 Å². The molecule has 3 heterocycles. The minimum atomic E-state index is -0.0863. The lowest BCUT2D eigenvalue weighted by Gasteiger charge is -2.34. The van der Waals surface area contributed by atoms with E-state index in [-0.39, 0.29) is 11.8 Å². The highest BCUT2D eigenvalue weighted by atomic mass is 16.5. The molecule has 4 N–H and O–H groups in total. The van der Waals surface area contributed by atoms with Crippen LogP contribution in [0.5, 0.6) is 0 Å². The molecule has 2 aliphatic heterocycles. The number of amides is 2. The average Bonchev–Trinajstić information content (AvgIpc) is 2.90. The molecule has 12 heteroatoms. The highest BCUT2D eigenvalue weighted by molar-refractivity contribution is 5.76. The van der Waals surface area contributed by atoms with Gasteiger partial charge < -0.3 is 35.6 Å². The molecular formula is C23H40N8O4. The first-order valence-electron chi connectivity index (χ1n) is 12.5. The number of hydrogen-bond acceptors (Lipinski definition) is 10. The van der Waals surface area contributed by atoms with Crippen molar-refractivity contribution in [1.29, 1.82) is 0 Å². The molecule has 2 fully saturated rings. The molecule has 0 radical (unpaired) electrons. The average molecular weight is 493 g/mol. The van der Waals surface area contributed by atoms with Crippen molar-refractivity contribution in [3.8, 4) is 0 Å². The molecule has 2 amide bonds. The Kier molecular flexibility index (Phi) is 12.1. The molecule has 35 heavy (non-hydrogen) atoms. The SMILES string of the molecule is NCCOCCC(=O)NCc1cnc(N2CCN(C(=O)CCOCCN3CCNCC3)CC2)nc1. The molecule has 3 rings (SSSR count). The highest BCUT2D eigenvalue weighted by Gasteiger charge is 2.22. The minimum absolute atomic E-state index is 0.0863. The van der Waals surface area contributed by atoms with Gasteiger partial charge in [-0.15, -0.1) is 0 Å². The third-order valence-electron chi connectivity index (χ3n) is 6.05. The fourth-order valence-electron chi connectivity index (χ4n) is 3.95. The number of aromatic nitrogens is 2. The van der Waals surface area contributed by atoms with Gasteiger partial charge in [-0.05, 0) is 0 Å². The van der Waals surface area contributed by atoms with Crippen LogP contribution in [0.2, 0.25) is 0 Å². The molecule has 0 aliphatic carbocycles. The second-order valence-corrected chi connectivity index (χ2v) is 8.64. The Morgan fingerprint density at radius 2 is 1.63 bits per heavy atom. The van der Waals surface area contributed by atoms with Crippen LogP contribution in [0.3, 0.4) is 0 Å². The Bertz CT molecular complexity index is 752. The fourth-order valence-corrected chi connectivity index (χ4v) is 3.95. The van der Waals surface area contributed by atoms with Crippen molar-refractivity contribution < 1.29 is 19.1 Å². The van der Waals surface area contributed by atoms with Crippen LogP contribution in [0, 0.1) is 0 Å². The number of carbonyl (C=O) groups excluding carboxylic acids is 2. The molecule has 1 aromatic heterocycles. The maximum absolute atomic E-state index is 12.5. The number of nitrogens with zero attached hydrogens (tertiary/aromatic N) is 5. The molecule has 2 aliphatic rings. The van der Waals surface area contributed by atoms with Gasteiger partial charge in [0.1, 0.15) is 0 Å². The zero-order valence-electron chi connectivity index (χ0n) is 20.6. The standard InChI is InChI=1S/C23H40N8O4/c24-3-15-34-13-1-21(32)26-17-20-18-27-23(28-19-20)31-10-8-30(9-11-31)22(33)2-14-35-16-12-29-6-4-25-5-7-29/h18-19,25H,1-17,24H2,(H,26,32). The summed E-state index contributed by atoms with van der Waals surface area (Å²) in [5.74, 6) is 0.683. The van der Waals surface area contributed by atoms with Crippen molar-refractivity contribution >= 4 is 17.8 Å². The summed E-state index contributed by atoms with van der Waals surface area (Å²) >= 11 is 0. The number of hydrogen-bond donors (Lipinski definition) is 3. The quantitative estimate of drug-likeness (QED) is 0.261. The second-order valence-electron chi connectivity index (χ2n) is 8.64. The summed E-state index contributed by atoms with van der Waals surface area (Å²) in [6.07, 6.45) is 4.16. The molecule has 2 saturated heterocycles. The van der Waals surface area contributed by atoms with E-state index in [0.29, 0.717) is 84.5 Å². The van der Waals surface area contributed by atoms with E-state index in [1.165, 1.54) is 0 Å². The number of nitrogens with one attached hydrogen (secondary N) is 2. The van der Waals surface area contributed by atoms with Crippen LogP contribution in [0.15, 0.2) is 12.4 Å². The van der Waals surface area contributed by atoms with E-state index < -0.39 is 0 Å². The van der Waals surface area contributed by atoms with E-state index in [9.17, 15) is 9.59 Å². The number of piperazine rings is 2. The molecule has 0 spiro atoms. The second kappa shape index (κ2) is 15.6. The Morgan fingerprint density at radius 1 is 0.943 bits per heavy atom. The summed E-state index contributed by atoms with van der Waals surface area (Å²) in [5.41, 5.74) is 6.17. The van der Waals surface area contributed by atoms with Crippen LogP contribution >= 0.6 is 0 Å². The van der Waals surface area contributed by atoms with Gasteiger partial charge in [-0.1, -0.05) is 0 Å². The normalized spacial score (nSPS) is 16.9. The zero-order chi connectivity index (χ0) is 24.7. The van der Waals surface area contributed by atoms with Gasteiger partial charge in [0.05, 0.1) is 32.8 Å². The Morgan fingerprint density at radius 3 is 2.34 bits per heavy atom. The van der Waals surface area contributed by atoms with Crippen molar-refractivity contribution in [2.45, 2.75) is 19.4 Å². The summed E-state index contributed by atoms with van der Waals surface area (Å²) in [6, 6.07) is 0. The fraction of sp³-hybridized carbons (Fsp3) is 0.739. The summed E-state index contributed by atoms with van der Waals surface area (Å²) in [7, 11) is 0. The van der Waals surface area contributed by atoms with Gasteiger partial charge in [0.15, 0.2) is 0 Å². The molecule has 12 nitrogen and oxygen atoms in total. The number of carbonyl (C=O) groups is 2. The Hall–Kier alpha value is -2.38. The predicted molar refractivity (Wildman–Crippen MR) is 132 cm³/mol. The van der Waals surface area contributed by atoms with Crippen LogP contribution in [-0.4, -0.2) is 123 Å². The van der Waals surface area contributed by atoms with Gasteiger partial charge in [-0.25, -0.2) is 9.97 Å². The number of ether oxygens (including phenoxy) is 2. The third-order valence-corrected chi connectivity index (χ3v) is 6.05. The van der Waals surface area contributed by atoms with Crippen LogP contribution in [0.4, 0.5) is 5.95 Å². The van der Waals surface area contributed by atoms with E-state index in [2.05, 4.69) is 30.4 Å². The smallest absolute Gasteiger partial charge is 0.225 e. The first kappa shape index (κ1) is 27.2. The third kappa shape index (κ3) is 10.0. The van der Waals surface area contributed by atoms with Gasteiger partial charge >= 0.3 is 0 Å². The van der Waals surface area contributed by atoms with E-state index in [0.717, 1.165) is 38.3 Å². The molecule has 0 saturated carbocycles. The molecule has 196 valence electrons. The van der Waals surface area contributed by atoms with E-state index in [1.54, 1.807) is 12.4 Å². The van der Waals surface area contributed by atoms with Crippen molar-refractivity contribution in [2.24, 2.45) is 5.73 Å². The first-order valence-corrected chi connectivity index (χ1v) is 12.5. The summed E-state index contributed by atoms with van der Waals surface area (Å²) < 4.78 is 10.9. The summed E-state index contributed by atoms with van der Waals surface area (Å²) in [6.45, 7) is 10.5. The zero-order valence-corrected chi connectivity index (χ0v) is 20.6. The van der Waals surface area contributed by atoms with Crippen LogP contribution in [-0.2, 0) is 25.6 Å². The van der Waals surface area contributed by atoms with Crippen molar-refractivity contribution in [3.05, 3.63) is 18.0 Å². The van der Waals surface area contributed by atoms with Crippen LogP contribution in [0.25, 0.3) is 0 Å². The van der Waals surface area contributed by atoms with E-state index >= 15 is 0 Å². The minimum Gasteiger partial charge on any atom is -0.380 e. The number of rotatable bonds is 14. The molecule has 0 atom stereocenters. The topological polar surface area (TPSA) is 138 Å². The Labute approximate surface area is 207 Å². The Balaban J connectivity index is 1.27. The van der Waals surface area contributed by atoms with Crippen molar-refractivity contribution in [1.82, 2.24) is 30.4 Å². The van der Waals surface area contributed by atoms with Crippen LogP contribution < -0.4 is 21.3 Å². The maximum atomic E-state index is 12.5. The largest absolute Gasteiger partial charge is 0.380 e. The van der Waals surface area contributed by atoms with Gasteiger partial charge in [0.25, 0.3) is 0 Å². The van der Waals surface area contributed by atoms with E-state index in [1.807, 2.05) is 4.90 Å². The molecule has 0 bridgehead atoms. The lowest BCUT2D eigenvalue weighted by Crippen LogP contribution is -2.49. The van der Waals surface area contributed by atoms with Gasteiger partial charge in [0.2, 0.25) is 17.8 Å². The van der Waals surface area contributed by atoms with Gasteiger partial charge in [-0.2, -0.15) is 0 Å². The predicted octanol–water partition coefficient (Wildman–Crippen LogP) is -1.58. The van der Waals surface area contributed by atoms with Crippen molar-refractivity contribution in [2.75, 3.05) is 96.8 Å². The number of anilines is 1. The lowest BCUT2D eigenvalue weighted by atomic mass is 10.3. The monoisotopic (exact) mass is 492 g/mol. The lowest BCUT2D eigenvalue weighted by molar-refractivity contribution is -0.132. The summed E-state index contributed by atoms with van der Waals surface area (Å²) in [5, 5.41) is 6.17. The van der Waals surface area contributed by atoms with Crippen LogP contribution in [0.1, 0.15) is 18.4 Å².